The summed E-state index contributed by atoms with van der Waals surface area (Å²) in [5, 5.41) is 9.54. The molecule has 0 fully saturated rings. The number of hydrogen-bond donors (Lipinski definition) is 1. The Balaban J connectivity index is 4.09. The summed E-state index contributed by atoms with van der Waals surface area (Å²) in [5.41, 5.74) is 0. The van der Waals surface area contributed by atoms with Crippen molar-refractivity contribution in [3.05, 3.63) is 0 Å². The van der Waals surface area contributed by atoms with Gasteiger partial charge in [-0.25, -0.2) is 0 Å². The van der Waals surface area contributed by atoms with Crippen molar-refractivity contribution in [2.45, 2.75) is 226 Å². The van der Waals surface area contributed by atoms with Gasteiger partial charge in [-0.05, 0) is 64.8 Å². The maximum Gasteiger partial charge on any atom is 0.306 e. The summed E-state index contributed by atoms with van der Waals surface area (Å²) >= 11 is 0. The lowest BCUT2D eigenvalue weighted by Crippen LogP contribution is -2.31. The predicted octanol–water partition coefficient (Wildman–Crippen LogP) is 11.5. The van der Waals surface area contributed by atoms with E-state index in [4.69, 9.17) is 9.47 Å². The fourth-order valence-corrected chi connectivity index (χ4v) is 6.36. The monoisotopic (exact) mass is 668 g/mol. The first-order valence-corrected chi connectivity index (χ1v) is 20.7. The lowest BCUT2D eigenvalue weighted by molar-refractivity contribution is -0.150. The number of nitrogens with zero attached hydrogens (tertiary/aromatic N) is 1. The van der Waals surface area contributed by atoms with Crippen LogP contribution in [0.5, 0.6) is 0 Å². The molecule has 0 amide bonds. The van der Waals surface area contributed by atoms with Gasteiger partial charge in [-0.2, -0.15) is 0 Å². The quantitative estimate of drug-likeness (QED) is 0.0525. The number of ether oxygens (including phenoxy) is 2. The minimum absolute atomic E-state index is 0.00344. The van der Waals surface area contributed by atoms with Crippen molar-refractivity contribution < 1.29 is 24.2 Å². The Morgan fingerprint density at radius 3 is 1.36 bits per heavy atom. The van der Waals surface area contributed by atoms with Gasteiger partial charge < -0.3 is 19.5 Å². The van der Waals surface area contributed by atoms with E-state index in [9.17, 15) is 14.7 Å². The molecule has 0 spiro atoms. The largest absolute Gasteiger partial charge is 0.463 e. The van der Waals surface area contributed by atoms with E-state index in [0.29, 0.717) is 19.4 Å². The van der Waals surface area contributed by atoms with Gasteiger partial charge >= 0.3 is 11.9 Å². The SMILES string of the molecule is CCCCCCCCCCC(=O)OC(C)CCN(CCO)CCCCCCCC(=O)OC(CCCCCCC)CCCCCCCC. The molecular formula is C41H81NO5. The molecule has 6 nitrogen and oxygen atoms in total. The van der Waals surface area contributed by atoms with Crippen molar-refractivity contribution in [2.24, 2.45) is 0 Å². The molecule has 0 saturated carbocycles. The number of hydrogen-bond acceptors (Lipinski definition) is 6. The van der Waals surface area contributed by atoms with Crippen LogP contribution in [0, 0.1) is 0 Å². The molecule has 6 heteroatoms. The van der Waals surface area contributed by atoms with Crippen LogP contribution >= 0.6 is 0 Å². The van der Waals surface area contributed by atoms with Crippen LogP contribution < -0.4 is 0 Å². The highest BCUT2D eigenvalue weighted by molar-refractivity contribution is 5.69. The van der Waals surface area contributed by atoms with Crippen LogP contribution in [0.4, 0.5) is 0 Å². The van der Waals surface area contributed by atoms with Gasteiger partial charge in [0.2, 0.25) is 0 Å². The van der Waals surface area contributed by atoms with Gasteiger partial charge in [0, 0.05) is 25.9 Å². The van der Waals surface area contributed by atoms with E-state index in [1.54, 1.807) is 0 Å². The number of unbranched alkanes of at least 4 members (excludes halogenated alkanes) is 20. The van der Waals surface area contributed by atoms with E-state index in [1.807, 2.05) is 6.92 Å². The average Bonchev–Trinajstić information content (AvgIpc) is 3.05. The summed E-state index contributed by atoms with van der Waals surface area (Å²) in [5.74, 6) is -0.0758. The van der Waals surface area contributed by atoms with Gasteiger partial charge in [-0.3, -0.25) is 9.59 Å². The van der Waals surface area contributed by atoms with Crippen LogP contribution in [0.2, 0.25) is 0 Å². The normalized spacial score (nSPS) is 12.8. The fraction of sp³-hybridized carbons (Fsp3) is 0.951. The molecule has 0 aromatic rings. The first-order valence-electron chi connectivity index (χ1n) is 20.7. The second-order valence-electron chi connectivity index (χ2n) is 14.3. The third-order valence-electron chi connectivity index (χ3n) is 9.50. The molecule has 0 bridgehead atoms. The smallest absolute Gasteiger partial charge is 0.306 e. The molecule has 2 unspecified atom stereocenters. The average molecular weight is 668 g/mol. The van der Waals surface area contributed by atoms with Crippen molar-refractivity contribution in [1.82, 2.24) is 4.90 Å². The zero-order chi connectivity index (χ0) is 34.6. The number of rotatable bonds is 37. The summed E-state index contributed by atoms with van der Waals surface area (Å²) in [6, 6.07) is 0. The van der Waals surface area contributed by atoms with Crippen LogP contribution in [0.25, 0.3) is 0 Å². The molecule has 0 rings (SSSR count). The molecule has 0 aromatic carbocycles. The molecule has 0 saturated heterocycles. The van der Waals surface area contributed by atoms with Crippen LogP contribution in [0.15, 0.2) is 0 Å². The highest BCUT2D eigenvalue weighted by Crippen LogP contribution is 2.18. The minimum atomic E-state index is -0.0936. The number of aliphatic hydroxyl groups excluding tert-OH is 1. The van der Waals surface area contributed by atoms with E-state index >= 15 is 0 Å². The molecule has 47 heavy (non-hydrogen) atoms. The second kappa shape index (κ2) is 36.1. The lowest BCUT2D eigenvalue weighted by atomic mass is 10.0. The van der Waals surface area contributed by atoms with Crippen LogP contribution in [-0.4, -0.2) is 60.4 Å². The molecule has 0 aliphatic heterocycles. The molecule has 0 heterocycles. The van der Waals surface area contributed by atoms with Gasteiger partial charge in [-0.1, -0.05) is 143 Å². The minimum Gasteiger partial charge on any atom is -0.463 e. The van der Waals surface area contributed by atoms with Gasteiger partial charge in [0.25, 0.3) is 0 Å². The van der Waals surface area contributed by atoms with Crippen molar-refractivity contribution in [2.75, 3.05) is 26.2 Å². The number of carbonyl (C=O) groups excluding carboxylic acids is 2. The summed E-state index contributed by atoms with van der Waals surface area (Å²) in [6.45, 7) is 11.3. The third kappa shape index (κ3) is 33.1. The third-order valence-corrected chi connectivity index (χ3v) is 9.50. The number of esters is 2. The van der Waals surface area contributed by atoms with Gasteiger partial charge in [-0.15, -0.1) is 0 Å². The summed E-state index contributed by atoms with van der Waals surface area (Å²) in [6.07, 6.45) is 32.9. The Bertz CT molecular complexity index is 672. The summed E-state index contributed by atoms with van der Waals surface area (Å²) < 4.78 is 11.6. The van der Waals surface area contributed by atoms with Gasteiger partial charge in [0.1, 0.15) is 12.2 Å². The first-order chi connectivity index (χ1) is 23.0. The standard InChI is InChI=1S/C41H81NO5/c1-5-8-11-14-16-17-21-26-31-40(44)46-38(4)33-35-42(36-37-43)34-28-23-18-22-27-32-41(45)47-39(29-24-19-13-10-7-3)30-25-20-15-12-9-6-2/h38-39,43H,5-37H2,1-4H3. The first kappa shape index (κ1) is 45.9. The fourth-order valence-electron chi connectivity index (χ4n) is 6.36. The van der Waals surface area contributed by atoms with E-state index in [-0.39, 0.29) is 30.8 Å². The molecule has 0 aromatic heterocycles. The summed E-state index contributed by atoms with van der Waals surface area (Å²) in [7, 11) is 0. The van der Waals surface area contributed by atoms with E-state index in [1.165, 1.54) is 109 Å². The Kier molecular flexibility index (Phi) is 35.3. The maximum atomic E-state index is 12.6. The molecule has 1 N–H and O–H groups in total. The van der Waals surface area contributed by atoms with Crippen molar-refractivity contribution in [3.8, 4) is 0 Å². The van der Waals surface area contributed by atoms with Gasteiger partial charge in [0.05, 0.1) is 6.61 Å². The Morgan fingerprint density at radius 1 is 0.489 bits per heavy atom. The number of aliphatic hydroxyl groups is 1. The zero-order valence-corrected chi connectivity index (χ0v) is 32.0. The lowest BCUT2D eigenvalue weighted by Gasteiger charge is -2.23. The predicted molar refractivity (Wildman–Crippen MR) is 200 cm³/mol. The Labute approximate surface area is 292 Å². The maximum absolute atomic E-state index is 12.6. The van der Waals surface area contributed by atoms with E-state index in [2.05, 4.69) is 25.7 Å². The highest BCUT2D eigenvalue weighted by Gasteiger charge is 2.15. The van der Waals surface area contributed by atoms with E-state index < -0.39 is 0 Å². The number of carbonyl (C=O) groups is 2. The van der Waals surface area contributed by atoms with Crippen LogP contribution in [-0.2, 0) is 19.1 Å². The highest BCUT2D eigenvalue weighted by atomic mass is 16.5. The zero-order valence-electron chi connectivity index (χ0n) is 32.0. The summed E-state index contributed by atoms with van der Waals surface area (Å²) in [4.78, 5) is 27.2. The topological polar surface area (TPSA) is 76.1 Å². The van der Waals surface area contributed by atoms with E-state index in [0.717, 1.165) is 77.3 Å². The second-order valence-corrected chi connectivity index (χ2v) is 14.3. The molecule has 0 aliphatic carbocycles. The molecule has 280 valence electrons. The van der Waals surface area contributed by atoms with Crippen LogP contribution in [0.1, 0.15) is 214 Å². The Morgan fingerprint density at radius 2 is 0.894 bits per heavy atom. The molecule has 0 aliphatic rings. The molecule has 2 atom stereocenters. The Hall–Kier alpha value is -1.14. The molecule has 0 radical (unpaired) electrons. The van der Waals surface area contributed by atoms with Crippen molar-refractivity contribution in [1.29, 1.82) is 0 Å². The van der Waals surface area contributed by atoms with Crippen LogP contribution in [0.3, 0.4) is 0 Å². The molecular weight excluding hydrogens is 586 g/mol. The van der Waals surface area contributed by atoms with Gasteiger partial charge in [0.15, 0.2) is 0 Å². The van der Waals surface area contributed by atoms with Crippen molar-refractivity contribution in [3.63, 3.8) is 0 Å². The van der Waals surface area contributed by atoms with Crippen molar-refractivity contribution >= 4 is 11.9 Å².